The Morgan fingerprint density at radius 1 is 1.33 bits per heavy atom. The quantitative estimate of drug-likeness (QED) is 0.797. The summed E-state index contributed by atoms with van der Waals surface area (Å²) in [5.41, 5.74) is 0.922. The van der Waals surface area contributed by atoms with Crippen LogP contribution in [0.15, 0.2) is 18.2 Å². The molecular formula is C12H13Cl2N. The minimum Gasteiger partial charge on any atom is -0.312 e. The van der Waals surface area contributed by atoms with Crippen LogP contribution in [0.3, 0.4) is 0 Å². The Bertz CT molecular complexity index is 370. The minimum absolute atomic E-state index is 0.0821. The van der Waals surface area contributed by atoms with Crippen LogP contribution >= 0.6 is 23.2 Å². The zero-order valence-electron chi connectivity index (χ0n) is 8.77. The average Bonchev–Trinajstić information content (AvgIpc) is 2.22. The van der Waals surface area contributed by atoms with Gasteiger partial charge in [-0.3, -0.25) is 0 Å². The van der Waals surface area contributed by atoms with Crippen LogP contribution in [0.25, 0.3) is 0 Å². The van der Waals surface area contributed by atoms with Crippen LogP contribution < -0.4 is 5.32 Å². The number of hydrogen-bond donors (Lipinski definition) is 1. The van der Waals surface area contributed by atoms with Gasteiger partial charge in [-0.1, -0.05) is 29.3 Å². The predicted molar refractivity (Wildman–Crippen MR) is 66.3 cm³/mol. The number of halogens is 2. The number of hydrogen-bond acceptors (Lipinski definition) is 1. The Balaban J connectivity index is 3.03. The fourth-order valence-electron chi connectivity index (χ4n) is 1.40. The van der Waals surface area contributed by atoms with Gasteiger partial charge in [0.15, 0.2) is 0 Å². The van der Waals surface area contributed by atoms with E-state index < -0.39 is 0 Å². The molecule has 1 atom stereocenters. The molecule has 0 aliphatic rings. The second kappa shape index (κ2) is 6.02. The Labute approximate surface area is 101 Å². The second-order valence-electron chi connectivity index (χ2n) is 3.11. The van der Waals surface area contributed by atoms with Gasteiger partial charge in [0.1, 0.15) is 0 Å². The van der Waals surface area contributed by atoms with Gasteiger partial charge < -0.3 is 5.32 Å². The van der Waals surface area contributed by atoms with Crippen molar-refractivity contribution < 1.29 is 0 Å². The van der Waals surface area contributed by atoms with Gasteiger partial charge in [0, 0.05) is 28.1 Å². The van der Waals surface area contributed by atoms with E-state index in [-0.39, 0.29) is 6.04 Å². The van der Waals surface area contributed by atoms with Crippen molar-refractivity contribution >= 4 is 23.2 Å². The minimum atomic E-state index is 0.0821. The molecule has 15 heavy (non-hydrogen) atoms. The molecule has 1 unspecified atom stereocenters. The highest BCUT2D eigenvalue weighted by Crippen LogP contribution is 2.31. The van der Waals surface area contributed by atoms with Crippen molar-refractivity contribution in [2.24, 2.45) is 0 Å². The van der Waals surface area contributed by atoms with Crippen LogP contribution in [-0.4, -0.2) is 7.05 Å². The van der Waals surface area contributed by atoms with E-state index in [0.29, 0.717) is 16.5 Å². The molecule has 1 N–H and O–H groups in total. The van der Waals surface area contributed by atoms with Crippen molar-refractivity contribution in [3.63, 3.8) is 0 Å². The van der Waals surface area contributed by atoms with Crippen LogP contribution in [0.2, 0.25) is 10.0 Å². The maximum Gasteiger partial charge on any atom is 0.0469 e. The molecule has 3 heteroatoms. The molecule has 0 aromatic heterocycles. The Hall–Kier alpha value is -0.680. The maximum atomic E-state index is 6.11. The van der Waals surface area contributed by atoms with Gasteiger partial charge in [0.05, 0.1) is 0 Å². The smallest absolute Gasteiger partial charge is 0.0469 e. The summed E-state index contributed by atoms with van der Waals surface area (Å²) < 4.78 is 0. The first-order valence-corrected chi connectivity index (χ1v) is 5.47. The van der Waals surface area contributed by atoms with Gasteiger partial charge in [-0.2, -0.15) is 0 Å². The van der Waals surface area contributed by atoms with E-state index in [9.17, 15) is 0 Å². The molecule has 1 nitrogen and oxygen atoms in total. The van der Waals surface area contributed by atoms with Crippen molar-refractivity contribution in [1.82, 2.24) is 5.32 Å². The molecule has 1 aromatic rings. The van der Waals surface area contributed by atoms with Crippen LogP contribution in [-0.2, 0) is 0 Å². The van der Waals surface area contributed by atoms with Crippen molar-refractivity contribution in [2.45, 2.75) is 19.4 Å². The third-order valence-electron chi connectivity index (χ3n) is 2.18. The van der Waals surface area contributed by atoms with Crippen LogP contribution in [0.5, 0.6) is 0 Å². The summed E-state index contributed by atoms with van der Waals surface area (Å²) in [6.45, 7) is 1.82. The summed E-state index contributed by atoms with van der Waals surface area (Å²) in [5, 5.41) is 4.52. The van der Waals surface area contributed by atoms with Gasteiger partial charge >= 0.3 is 0 Å². The lowest BCUT2D eigenvalue weighted by Gasteiger charge is -2.16. The molecule has 0 amide bonds. The Morgan fingerprint density at radius 3 is 2.40 bits per heavy atom. The summed E-state index contributed by atoms with van der Waals surface area (Å²) in [5.74, 6) is 5.89. The number of benzene rings is 1. The normalized spacial score (nSPS) is 11.7. The molecule has 80 valence electrons. The van der Waals surface area contributed by atoms with E-state index in [1.54, 1.807) is 0 Å². The third-order valence-corrected chi connectivity index (χ3v) is 2.84. The SMILES string of the molecule is CC#CCC(NC)c1c(Cl)cccc1Cl. The molecule has 0 aliphatic carbocycles. The second-order valence-corrected chi connectivity index (χ2v) is 3.92. The molecular weight excluding hydrogens is 229 g/mol. The lowest BCUT2D eigenvalue weighted by molar-refractivity contribution is 0.612. The fourth-order valence-corrected chi connectivity index (χ4v) is 2.06. The van der Waals surface area contributed by atoms with Crippen molar-refractivity contribution in [3.8, 4) is 11.8 Å². The fraction of sp³-hybridized carbons (Fsp3) is 0.333. The molecule has 0 aliphatic heterocycles. The third kappa shape index (κ3) is 3.14. The van der Waals surface area contributed by atoms with Crippen molar-refractivity contribution in [2.75, 3.05) is 7.05 Å². The molecule has 0 fully saturated rings. The standard InChI is InChI=1S/C12H13Cl2N/c1-3-4-8-11(15-2)12-9(13)6-5-7-10(12)14/h5-7,11,15H,8H2,1-2H3. The van der Waals surface area contributed by atoms with E-state index in [1.165, 1.54) is 0 Å². The van der Waals surface area contributed by atoms with Crippen molar-refractivity contribution in [1.29, 1.82) is 0 Å². The van der Waals surface area contributed by atoms with Gasteiger partial charge in [0.25, 0.3) is 0 Å². The van der Waals surface area contributed by atoms with E-state index in [0.717, 1.165) is 5.56 Å². The summed E-state index contributed by atoms with van der Waals surface area (Å²) in [7, 11) is 1.88. The van der Waals surface area contributed by atoms with Gasteiger partial charge in [0.2, 0.25) is 0 Å². The average molecular weight is 242 g/mol. The van der Waals surface area contributed by atoms with Gasteiger partial charge in [-0.15, -0.1) is 11.8 Å². The molecule has 0 heterocycles. The zero-order chi connectivity index (χ0) is 11.3. The summed E-state index contributed by atoms with van der Waals surface area (Å²) in [6, 6.07) is 5.60. The van der Waals surface area contributed by atoms with E-state index in [1.807, 2.05) is 32.2 Å². The predicted octanol–water partition coefficient (Wildman–Crippen LogP) is 3.67. The van der Waals surface area contributed by atoms with Crippen LogP contribution in [0.4, 0.5) is 0 Å². The molecule has 0 saturated heterocycles. The highest BCUT2D eigenvalue weighted by molar-refractivity contribution is 6.36. The Kier molecular flexibility index (Phi) is 4.98. The lowest BCUT2D eigenvalue weighted by atomic mass is 10.0. The van der Waals surface area contributed by atoms with Crippen LogP contribution in [0, 0.1) is 11.8 Å². The number of rotatable bonds is 3. The first-order chi connectivity index (χ1) is 7.20. The number of nitrogens with one attached hydrogen (secondary N) is 1. The highest BCUT2D eigenvalue weighted by atomic mass is 35.5. The molecule has 0 bridgehead atoms. The van der Waals surface area contributed by atoms with Gasteiger partial charge in [-0.05, 0) is 26.1 Å². The highest BCUT2D eigenvalue weighted by Gasteiger charge is 2.14. The van der Waals surface area contributed by atoms with E-state index >= 15 is 0 Å². The monoisotopic (exact) mass is 241 g/mol. The molecule has 1 rings (SSSR count). The first-order valence-electron chi connectivity index (χ1n) is 4.71. The maximum absolute atomic E-state index is 6.11. The summed E-state index contributed by atoms with van der Waals surface area (Å²) >= 11 is 12.2. The molecule has 1 aromatic carbocycles. The first kappa shape index (κ1) is 12.4. The Morgan fingerprint density at radius 2 is 1.93 bits per heavy atom. The molecule has 0 spiro atoms. The van der Waals surface area contributed by atoms with Crippen molar-refractivity contribution in [3.05, 3.63) is 33.8 Å². The lowest BCUT2D eigenvalue weighted by Crippen LogP contribution is -2.16. The summed E-state index contributed by atoms with van der Waals surface area (Å²) in [4.78, 5) is 0. The van der Waals surface area contributed by atoms with E-state index in [2.05, 4.69) is 17.2 Å². The summed E-state index contributed by atoms with van der Waals surface area (Å²) in [6.07, 6.45) is 0.705. The molecule has 0 radical (unpaired) electrons. The van der Waals surface area contributed by atoms with Crippen LogP contribution in [0.1, 0.15) is 24.9 Å². The van der Waals surface area contributed by atoms with Gasteiger partial charge in [-0.25, -0.2) is 0 Å². The largest absolute Gasteiger partial charge is 0.312 e. The zero-order valence-corrected chi connectivity index (χ0v) is 10.3. The van der Waals surface area contributed by atoms with E-state index in [4.69, 9.17) is 23.2 Å². The topological polar surface area (TPSA) is 12.0 Å². The molecule has 0 saturated carbocycles.